The van der Waals surface area contributed by atoms with Gasteiger partial charge < -0.3 is 23.4 Å². The van der Waals surface area contributed by atoms with E-state index in [4.69, 9.17) is 18.1 Å². The molecule has 10 heteroatoms. The summed E-state index contributed by atoms with van der Waals surface area (Å²) in [5, 5.41) is 11.1. The van der Waals surface area contributed by atoms with Gasteiger partial charge in [-0.3, -0.25) is 4.79 Å². The molecule has 152 valence electrons. The monoisotopic (exact) mass is 421 g/mol. The summed E-state index contributed by atoms with van der Waals surface area (Å²) in [7, 11) is -5.14. The Hall–Kier alpha value is -0.789. The van der Waals surface area contributed by atoms with Gasteiger partial charge in [-0.2, -0.15) is 0 Å². The number of rotatable bonds is 13. The Morgan fingerprint density at radius 2 is 1.62 bits per heavy atom. The van der Waals surface area contributed by atoms with Crippen molar-refractivity contribution < 1.29 is 27.7 Å². The van der Waals surface area contributed by atoms with Crippen LogP contribution >= 0.6 is 0 Å². The first-order valence-electron chi connectivity index (χ1n) is 8.92. The molecule has 0 saturated heterocycles. The standard InChI is InChI=1S/C16H35NO6Si3/c1-14(13-15(19)17-9-10-18)16(20)21-11-8-12-24(22-25(2,3)4)23-26(5,6)7/h18,24H,1,8-13H2,2-7H3,(H,17,19). The third-order valence-corrected chi connectivity index (χ3v) is 11.5. The van der Waals surface area contributed by atoms with Crippen molar-refractivity contribution in [2.24, 2.45) is 0 Å². The number of carbonyl (C=O) groups excluding carboxylic acids is 2. The van der Waals surface area contributed by atoms with Crippen molar-refractivity contribution in [2.45, 2.75) is 58.2 Å². The maximum atomic E-state index is 11.9. The molecule has 26 heavy (non-hydrogen) atoms. The first-order valence-corrected chi connectivity index (χ1v) is 17.5. The SMILES string of the molecule is C=C(CC(=O)NCCO)C(=O)OCCC[SiH](O[Si](C)(C)C)O[Si](C)(C)C. The molecule has 0 spiro atoms. The van der Waals surface area contributed by atoms with E-state index in [1.807, 2.05) is 0 Å². The van der Waals surface area contributed by atoms with Crippen LogP contribution in [0.25, 0.3) is 0 Å². The highest BCUT2D eigenvalue weighted by atomic mass is 28.4. The topological polar surface area (TPSA) is 94.1 Å². The van der Waals surface area contributed by atoms with Crippen LogP contribution < -0.4 is 5.32 Å². The highest BCUT2D eigenvalue weighted by molar-refractivity contribution is 6.81. The van der Waals surface area contributed by atoms with Gasteiger partial charge in [-0.1, -0.05) is 6.58 Å². The van der Waals surface area contributed by atoms with E-state index in [-0.39, 0.29) is 37.7 Å². The van der Waals surface area contributed by atoms with Crippen LogP contribution in [0.15, 0.2) is 12.2 Å². The highest BCUT2D eigenvalue weighted by Crippen LogP contribution is 2.16. The van der Waals surface area contributed by atoms with Crippen molar-refractivity contribution >= 4 is 37.8 Å². The van der Waals surface area contributed by atoms with Gasteiger partial charge in [-0.05, 0) is 51.7 Å². The van der Waals surface area contributed by atoms with Crippen LogP contribution in [0.2, 0.25) is 45.3 Å². The van der Waals surface area contributed by atoms with Crippen molar-refractivity contribution in [3.63, 3.8) is 0 Å². The molecular formula is C16H35NO6Si3. The van der Waals surface area contributed by atoms with Gasteiger partial charge in [0, 0.05) is 12.1 Å². The minimum absolute atomic E-state index is 0.103. The molecule has 0 rings (SSSR count). The van der Waals surface area contributed by atoms with Crippen molar-refractivity contribution in [1.82, 2.24) is 5.32 Å². The van der Waals surface area contributed by atoms with Gasteiger partial charge in [0.25, 0.3) is 0 Å². The maximum absolute atomic E-state index is 11.9. The normalized spacial score (nSPS) is 12.2. The summed E-state index contributed by atoms with van der Waals surface area (Å²) in [4.78, 5) is 23.4. The Morgan fingerprint density at radius 1 is 1.08 bits per heavy atom. The molecular weight excluding hydrogens is 386 g/mol. The van der Waals surface area contributed by atoms with E-state index in [0.29, 0.717) is 6.42 Å². The van der Waals surface area contributed by atoms with Crippen LogP contribution in [0.4, 0.5) is 0 Å². The number of amides is 1. The summed E-state index contributed by atoms with van der Waals surface area (Å²) >= 11 is 0. The number of aliphatic hydroxyl groups is 1. The van der Waals surface area contributed by atoms with Gasteiger partial charge in [0.15, 0.2) is 16.6 Å². The molecule has 0 atom stereocenters. The average Bonchev–Trinajstić information content (AvgIpc) is 2.45. The number of hydrogen-bond acceptors (Lipinski definition) is 6. The van der Waals surface area contributed by atoms with Gasteiger partial charge in [-0.25, -0.2) is 4.79 Å². The van der Waals surface area contributed by atoms with Crippen LogP contribution in [0.1, 0.15) is 12.8 Å². The fourth-order valence-electron chi connectivity index (χ4n) is 1.97. The number of hydrogen-bond donors (Lipinski definition) is 2. The lowest BCUT2D eigenvalue weighted by Gasteiger charge is -2.30. The van der Waals surface area contributed by atoms with E-state index >= 15 is 0 Å². The first-order chi connectivity index (χ1) is 11.8. The van der Waals surface area contributed by atoms with Gasteiger partial charge in [0.1, 0.15) is 0 Å². The molecule has 7 nitrogen and oxygen atoms in total. The van der Waals surface area contributed by atoms with Crippen LogP contribution in [0, 0.1) is 0 Å². The Labute approximate surface area is 161 Å². The van der Waals surface area contributed by atoms with Gasteiger partial charge in [-0.15, -0.1) is 0 Å². The molecule has 0 radical (unpaired) electrons. The second-order valence-corrected chi connectivity index (χ2v) is 19.8. The summed E-state index contributed by atoms with van der Waals surface area (Å²) < 4.78 is 17.6. The Balaban J connectivity index is 4.27. The van der Waals surface area contributed by atoms with Crippen LogP contribution in [-0.2, 0) is 22.6 Å². The third kappa shape index (κ3) is 14.4. The lowest BCUT2D eigenvalue weighted by molar-refractivity contribution is -0.140. The average molecular weight is 422 g/mol. The number of aliphatic hydroxyl groups excluding tert-OH is 1. The Bertz CT molecular complexity index is 458. The molecule has 0 heterocycles. The van der Waals surface area contributed by atoms with Crippen LogP contribution in [0.5, 0.6) is 0 Å². The summed E-state index contributed by atoms with van der Waals surface area (Å²) in [6.07, 6.45) is 0.537. The fourth-order valence-corrected chi connectivity index (χ4v) is 10.3. The van der Waals surface area contributed by atoms with Crippen LogP contribution in [0.3, 0.4) is 0 Å². The van der Waals surface area contributed by atoms with Crippen LogP contribution in [-0.4, -0.2) is 62.7 Å². The zero-order chi connectivity index (χ0) is 20.4. The summed E-state index contributed by atoms with van der Waals surface area (Å²) in [5.74, 6) is -0.930. The van der Waals surface area contributed by atoms with E-state index in [9.17, 15) is 9.59 Å². The molecule has 2 N–H and O–H groups in total. The number of nitrogens with one attached hydrogen (secondary N) is 1. The highest BCUT2D eigenvalue weighted by Gasteiger charge is 2.28. The first kappa shape index (κ1) is 25.2. The number of ether oxygens (including phenoxy) is 1. The molecule has 0 fully saturated rings. The largest absolute Gasteiger partial charge is 0.462 e. The van der Waals surface area contributed by atoms with Gasteiger partial charge >= 0.3 is 15.3 Å². The molecule has 0 aliphatic heterocycles. The molecule has 0 saturated carbocycles. The van der Waals surface area contributed by atoms with E-state index in [1.165, 1.54) is 0 Å². The van der Waals surface area contributed by atoms with E-state index in [0.717, 1.165) is 6.04 Å². The molecule has 0 aromatic carbocycles. The zero-order valence-electron chi connectivity index (χ0n) is 17.0. The smallest absolute Gasteiger partial charge is 0.333 e. The summed E-state index contributed by atoms with van der Waals surface area (Å²) in [5.41, 5.74) is 0.103. The molecule has 0 aliphatic rings. The predicted molar refractivity (Wildman–Crippen MR) is 110 cm³/mol. The minimum atomic E-state index is -1.79. The Kier molecular flexibility index (Phi) is 11.5. The molecule has 0 aromatic heterocycles. The van der Waals surface area contributed by atoms with E-state index in [1.54, 1.807) is 0 Å². The van der Waals surface area contributed by atoms with Gasteiger partial charge in [0.05, 0.1) is 19.6 Å². The minimum Gasteiger partial charge on any atom is -0.462 e. The summed E-state index contributed by atoms with van der Waals surface area (Å²) in [6, 6.07) is 0.783. The second kappa shape index (κ2) is 11.8. The third-order valence-electron chi connectivity index (χ3n) is 2.88. The van der Waals surface area contributed by atoms with Gasteiger partial charge in [0.2, 0.25) is 5.91 Å². The van der Waals surface area contributed by atoms with E-state index in [2.05, 4.69) is 51.2 Å². The van der Waals surface area contributed by atoms with Crippen molar-refractivity contribution in [3.8, 4) is 0 Å². The van der Waals surface area contributed by atoms with Crippen molar-refractivity contribution in [2.75, 3.05) is 19.8 Å². The lowest BCUT2D eigenvalue weighted by Crippen LogP contribution is -2.43. The summed E-state index contributed by atoms with van der Waals surface area (Å²) in [6.45, 7) is 16.7. The quantitative estimate of drug-likeness (QED) is 0.204. The second-order valence-electron chi connectivity index (χ2n) is 8.02. The molecule has 0 aromatic rings. The molecule has 0 bridgehead atoms. The van der Waals surface area contributed by atoms with Crippen molar-refractivity contribution in [1.29, 1.82) is 0 Å². The molecule has 1 amide bonds. The number of carbonyl (C=O) groups is 2. The predicted octanol–water partition coefficient (Wildman–Crippen LogP) is 1.90. The fraction of sp³-hybridized carbons (Fsp3) is 0.750. The molecule has 0 unspecified atom stereocenters. The Morgan fingerprint density at radius 3 is 2.08 bits per heavy atom. The van der Waals surface area contributed by atoms with E-state index < -0.39 is 31.9 Å². The van der Waals surface area contributed by atoms with Crippen molar-refractivity contribution in [3.05, 3.63) is 12.2 Å². The molecule has 0 aliphatic carbocycles. The maximum Gasteiger partial charge on any atom is 0.333 e. The zero-order valence-corrected chi connectivity index (χ0v) is 20.2. The lowest BCUT2D eigenvalue weighted by atomic mass is 10.2. The number of esters is 1.